The van der Waals surface area contributed by atoms with E-state index < -0.39 is 0 Å². The van der Waals surface area contributed by atoms with Crippen LogP contribution < -0.4 is 4.90 Å². The minimum Gasteiger partial charge on any atom is -0.374 e. The molecule has 2 rings (SSSR count). The molecule has 0 radical (unpaired) electrons. The van der Waals surface area contributed by atoms with E-state index in [1.165, 1.54) is 42.6 Å². The molecule has 0 spiro atoms. The summed E-state index contributed by atoms with van der Waals surface area (Å²) in [6.07, 6.45) is 3.91. The van der Waals surface area contributed by atoms with Crippen LogP contribution in [0.25, 0.3) is 0 Å². The summed E-state index contributed by atoms with van der Waals surface area (Å²) in [7, 11) is 2.21. The Hall–Kier alpha value is -0.980. The Morgan fingerprint density at radius 2 is 1.93 bits per heavy atom. The van der Waals surface area contributed by atoms with Crippen LogP contribution in [-0.4, -0.2) is 13.6 Å². The van der Waals surface area contributed by atoms with Crippen LogP contribution in [0.3, 0.4) is 0 Å². The van der Waals surface area contributed by atoms with Gasteiger partial charge in [0.1, 0.15) is 0 Å². The summed E-state index contributed by atoms with van der Waals surface area (Å²) in [6, 6.07) is 4.64. The second-order valence-corrected chi connectivity index (χ2v) is 4.47. The lowest BCUT2D eigenvalue weighted by Gasteiger charge is -2.22. The fraction of sp³-hybridized carbons (Fsp3) is 0.538. The third-order valence-corrected chi connectivity index (χ3v) is 3.10. The van der Waals surface area contributed by atoms with Crippen molar-refractivity contribution in [1.82, 2.24) is 0 Å². The molecule has 1 heterocycles. The molecule has 0 amide bonds. The van der Waals surface area contributed by atoms with Gasteiger partial charge >= 0.3 is 0 Å². The molecule has 0 saturated heterocycles. The third-order valence-electron chi connectivity index (χ3n) is 3.10. The van der Waals surface area contributed by atoms with Gasteiger partial charge in [0, 0.05) is 19.3 Å². The zero-order valence-corrected chi connectivity index (χ0v) is 9.43. The van der Waals surface area contributed by atoms with E-state index >= 15 is 0 Å². The average Bonchev–Trinajstić information content (AvgIpc) is 2.27. The zero-order valence-electron chi connectivity index (χ0n) is 9.43. The summed E-state index contributed by atoms with van der Waals surface area (Å²) in [5.74, 6) is 0. The highest BCUT2D eigenvalue weighted by molar-refractivity contribution is 5.60. The highest BCUT2D eigenvalue weighted by Crippen LogP contribution is 2.29. The van der Waals surface area contributed by atoms with E-state index in [4.69, 9.17) is 0 Å². The third kappa shape index (κ3) is 1.63. The molecule has 0 bridgehead atoms. The van der Waals surface area contributed by atoms with Crippen molar-refractivity contribution in [3.8, 4) is 0 Å². The minimum absolute atomic E-state index is 1.21. The fourth-order valence-corrected chi connectivity index (χ4v) is 2.56. The van der Waals surface area contributed by atoms with Crippen molar-refractivity contribution in [3.05, 3.63) is 28.8 Å². The van der Waals surface area contributed by atoms with E-state index in [9.17, 15) is 0 Å². The van der Waals surface area contributed by atoms with Gasteiger partial charge in [-0.25, -0.2) is 0 Å². The first kappa shape index (κ1) is 9.57. The van der Waals surface area contributed by atoms with Gasteiger partial charge in [-0.3, -0.25) is 0 Å². The van der Waals surface area contributed by atoms with Gasteiger partial charge in [-0.15, -0.1) is 0 Å². The van der Waals surface area contributed by atoms with Gasteiger partial charge in [-0.05, 0) is 44.2 Å². The summed E-state index contributed by atoms with van der Waals surface area (Å²) in [5, 5.41) is 0. The predicted molar refractivity (Wildman–Crippen MR) is 62.1 cm³/mol. The molecule has 0 saturated carbocycles. The van der Waals surface area contributed by atoms with Gasteiger partial charge < -0.3 is 4.90 Å². The maximum atomic E-state index is 2.41. The van der Waals surface area contributed by atoms with Gasteiger partial charge in [0.25, 0.3) is 0 Å². The average molecular weight is 189 g/mol. The molecule has 0 unspecified atom stereocenters. The molecular weight excluding hydrogens is 170 g/mol. The molecule has 0 fully saturated rings. The second-order valence-electron chi connectivity index (χ2n) is 4.47. The van der Waals surface area contributed by atoms with Crippen molar-refractivity contribution in [2.75, 3.05) is 18.5 Å². The lowest BCUT2D eigenvalue weighted by molar-refractivity contribution is 0.749. The van der Waals surface area contributed by atoms with E-state index in [-0.39, 0.29) is 0 Å². The lowest BCUT2D eigenvalue weighted by Crippen LogP contribution is -2.18. The van der Waals surface area contributed by atoms with Crippen molar-refractivity contribution in [2.24, 2.45) is 0 Å². The van der Waals surface area contributed by atoms with Gasteiger partial charge in [0.15, 0.2) is 0 Å². The molecule has 0 aromatic heterocycles. The van der Waals surface area contributed by atoms with Gasteiger partial charge in [-0.1, -0.05) is 17.7 Å². The Kier molecular flexibility index (Phi) is 2.49. The van der Waals surface area contributed by atoms with Crippen LogP contribution in [0.4, 0.5) is 5.69 Å². The summed E-state index contributed by atoms with van der Waals surface area (Å²) >= 11 is 0. The van der Waals surface area contributed by atoms with Crippen LogP contribution in [0.2, 0.25) is 0 Å². The highest BCUT2D eigenvalue weighted by atomic mass is 15.1. The maximum Gasteiger partial charge on any atom is 0.0426 e. The normalized spacial score (nSPS) is 16.4. The van der Waals surface area contributed by atoms with E-state index in [1.54, 1.807) is 5.56 Å². The SMILES string of the molecule is Cc1cc(C)c2c(c1)CCCCN2C. The molecule has 76 valence electrons. The smallest absolute Gasteiger partial charge is 0.0426 e. The topological polar surface area (TPSA) is 3.24 Å². The number of fused-ring (bicyclic) bond motifs is 1. The standard InChI is InChI=1S/C13H19N/c1-10-8-11(2)13-12(9-10)6-4-5-7-14(13)3/h8-9H,4-7H2,1-3H3. The lowest BCUT2D eigenvalue weighted by atomic mass is 10.0. The summed E-state index contributed by atoms with van der Waals surface area (Å²) in [5.41, 5.74) is 5.86. The molecule has 0 aliphatic carbocycles. The molecule has 14 heavy (non-hydrogen) atoms. The van der Waals surface area contributed by atoms with Crippen molar-refractivity contribution in [2.45, 2.75) is 33.1 Å². The van der Waals surface area contributed by atoms with Crippen LogP contribution >= 0.6 is 0 Å². The number of rotatable bonds is 0. The molecule has 0 N–H and O–H groups in total. The van der Waals surface area contributed by atoms with Gasteiger partial charge in [0.2, 0.25) is 0 Å². The van der Waals surface area contributed by atoms with Crippen LogP contribution in [0.1, 0.15) is 29.5 Å². The van der Waals surface area contributed by atoms with E-state index in [1.807, 2.05) is 0 Å². The maximum absolute atomic E-state index is 2.41. The van der Waals surface area contributed by atoms with Crippen LogP contribution in [-0.2, 0) is 6.42 Å². The van der Waals surface area contributed by atoms with Crippen molar-refractivity contribution in [3.63, 3.8) is 0 Å². The van der Waals surface area contributed by atoms with Crippen molar-refractivity contribution in [1.29, 1.82) is 0 Å². The summed E-state index contributed by atoms with van der Waals surface area (Å²) in [4.78, 5) is 2.41. The zero-order chi connectivity index (χ0) is 10.1. The number of nitrogens with zero attached hydrogens (tertiary/aromatic N) is 1. The molecule has 1 aliphatic rings. The molecule has 1 aliphatic heterocycles. The number of aryl methyl sites for hydroxylation is 3. The fourth-order valence-electron chi connectivity index (χ4n) is 2.56. The number of hydrogen-bond donors (Lipinski definition) is 0. The van der Waals surface area contributed by atoms with Gasteiger partial charge in [-0.2, -0.15) is 0 Å². The van der Waals surface area contributed by atoms with Gasteiger partial charge in [0.05, 0.1) is 0 Å². The van der Waals surface area contributed by atoms with Crippen molar-refractivity contribution >= 4 is 5.69 Å². The van der Waals surface area contributed by atoms with E-state index in [2.05, 4.69) is 37.9 Å². The van der Waals surface area contributed by atoms with Crippen LogP contribution in [0.5, 0.6) is 0 Å². The Labute approximate surface area is 86.7 Å². The van der Waals surface area contributed by atoms with Crippen molar-refractivity contribution < 1.29 is 0 Å². The first-order chi connectivity index (χ1) is 6.68. The molecule has 0 atom stereocenters. The summed E-state index contributed by atoms with van der Waals surface area (Å²) in [6.45, 7) is 5.63. The molecule has 1 nitrogen and oxygen atoms in total. The molecule has 1 aromatic rings. The van der Waals surface area contributed by atoms with E-state index in [0.29, 0.717) is 0 Å². The summed E-state index contributed by atoms with van der Waals surface area (Å²) < 4.78 is 0. The first-order valence-electron chi connectivity index (χ1n) is 5.50. The number of anilines is 1. The quantitative estimate of drug-likeness (QED) is 0.606. The van der Waals surface area contributed by atoms with E-state index in [0.717, 1.165) is 0 Å². The largest absolute Gasteiger partial charge is 0.374 e. The Balaban J connectivity index is 2.53. The number of hydrogen-bond acceptors (Lipinski definition) is 1. The minimum atomic E-state index is 1.21. The number of benzene rings is 1. The van der Waals surface area contributed by atoms with Crippen LogP contribution in [0, 0.1) is 13.8 Å². The first-order valence-corrected chi connectivity index (χ1v) is 5.50. The van der Waals surface area contributed by atoms with Crippen LogP contribution in [0.15, 0.2) is 12.1 Å². The Bertz CT molecular complexity index is 341. The second kappa shape index (κ2) is 3.64. The monoisotopic (exact) mass is 189 g/mol. The molecule has 1 heteroatoms. The highest BCUT2D eigenvalue weighted by Gasteiger charge is 2.14. The molecular formula is C13H19N. The predicted octanol–water partition coefficient (Wildman–Crippen LogP) is 3.08. The Morgan fingerprint density at radius 3 is 2.71 bits per heavy atom. The Morgan fingerprint density at radius 1 is 1.14 bits per heavy atom. The molecule has 1 aromatic carbocycles.